The van der Waals surface area contributed by atoms with Crippen molar-refractivity contribution in [1.29, 1.82) is 0 Å². The van der Waals surface area contributed by atoms with E-state index in [0.29, 0.717) is 23.3 Å². The molecule has 5 nitrogen and oxygen atoms in total. The minimum Gasteiger partial charge on any atom is -0.505 e. The number of para-hydroxylation sites is 1. The first-order chi connectivity index (χ1) is 11.1. The van der Waals surface area contributed by atoms with Crippen LogP contribution in [0.2, 0.25) is 0 Å². The quantitative estimate of drug-likeness (QED) is 0.773. The highest BCUT2D eigenvalue weighted by atomic mass is 16.5. The summed E-state index contributed by atoms with van der Waals surface area (Å²) in [5.41, 5.74) is 5.85. The normalized spacial score (nSPS) is 10.7. The van der Waals surface area contributed by atoms with Crippen LogP contribution in [0.3, 0.4) is 0 Å². The SMILES string of the molecule is CCc1nc(C(N)=O)c(O)c2ccc(Oc3ccccc3)cc12. The summed E-state index contributed by atoms with van der Waals surface area (Å²) >= 11 is 0. The van der Waals surface area contributed by atoms with Gasteiger partial charge in [-0.25, -0.2) is 4.98 Å². The highest BCUT2D eigenvalue weighted by Gasteiger charge is 2.17. The lowest BCUT2D eigenvalue weighted by atomic mass is 10.0. The van der Waals surface area contributed by atoms with Gasteiger partial charge in [0.2, 0.25) is 0 Å². The maximum Gasteiger partial charge on any atom is 0.271 e. The van der Waals surface area contributed by atoms with Gasteiger partial charge in [0, 0.05) is 16.5 Å². The van der Waals surface area contributed by atoms with Gasteiger partial charge in [-0.1, -0.05) is 25.1 Å². The molecule has 0 atom stereocenters. The summed E-state index contributed by atoms with van der Waals surface area (Å²) in [5.74, 6) is 0.405. The molecule has 0 fully saturated rings. The Balaban J connectivity index is 2.12. The van der Waals surface area contributed by atoms with Gasteiger partial charge in [-0.3, -0.25) is 4.79 Å². The zero-order chi connectivity index (χ0) is 16.4. The van der Waals surface area contributed by atoms with E-state index in [9.17, 15) is 9.90 Å². The predicted molar refractivity (Wildman–Crippen MR) is 87.8 cm³/mol. The Bertz CT molecular complexity index is 876. The zero-order valence-corrected chi connectivity index (χ0v) is 12.6. The zero-order valence-electron chi connectivity index (χ0n) is 12.6. The second kappa shape index (κ2) is 5.96. The number of aryl methyl sites for hydroxylation is 1. The molecule has 0 aliphatic rings. The van der Waals surface area contributed by atoms with Crippen molar-refractivity contribution in [3.63, 3.8) is 0 Å². The molecule has 0 unspecified atom stereocenters. The molecule has 116 valence electrons. The van der Waals surface area contributed by atoms with Crippen LogP contribution in [-0.2, 0) is 6.42 Å². The van der Waals surface area contributed by atoms with Gasteiger partial charge in [-0.05, 0) is 36.8 Å². The molecule has 23 heavy (non-hydrogen) atoms. The Labute approximate surface area is 133 Å². The lowest BCUT2D eigenvalue weighted by Crippen LogP contribution is -2.14. The number of benzene rings is 2. The molecule has 0 bridgehead atoms. The maximum atomic E-state index is 11.4. The van der Waals surface area contributed by atoms with Gasteiger partial charge in [-0.2, -0.15) is 0 Å². The number of aromatic hydroxyl groups is 1. The second-order valence-electron chi connectivity index (χ2n) is 5.10. The Morgan fingerprint density at radius 3 is 2.52 bits per heavy atom. The number of ether oxygens (including phenoxy) is 1. The number of aromatic nitrogens is 1. The predicted octanol–water partition coefficient (Wildman–Crippen LogP) is 3.39. The third kappa shape index (κ3) is 2.81. The molecule has 0 aliphatic carbocycles. The number of carbonyl (C=O) groups is 1. The summed E-state index contributed by atoms with van der Waals surface area (Å²) < 4.78 is 5.80. The standard InChI is InChI=1S/C18H16N2O3/c1-2-15-14-10-12(23-11-6-4-3-5-7-11)8-9-13(14)17(21)16(20-15)18(19)22/h3-10,21H,2H2,1H3,(H2,19,22). The van der Waals surface area contributed by atoms with E-state index in [4.69, 9.17) is 10.5 Å². The highest BCUT2D eigenvalue weighted by Crippen LogP contribution is 2.33. The molecule has 5 heteroatoms. The summed E-state index contributed by atoms with van der Waals surface area (Å²) in [4.78, 5) is 15.6. The lowest BCUT2D eigenvalue weighted by Gasteiger charge is -2.11. The average Bonchev–Trinajstić information content (AvgIpc) is 2.56. The summed E-state index contributed by atoms with van der Waals surface area (Å²) in [6.07, 6.45) is 0.603. The molecule has 2 aromatic carbocycles. The first-order valence-electron chi connectivity index (χ1n) is 7.28. The van der Waals surface area contributed by atoms with Gasteiger partial charge in [0.15, 0.2) is 11.4 Å². The molecule has 1 heterocycles. The molecule has 3 rings (SSSR count). The molecule has 0 saturated carbocycles. The summed E-state index contributed by atoms with van der Waals surface area (Å²) in [7, 11) is 0. The molecular formula is C18H16N2O3. The first kappa shape index (κ1) is 14.8. The number of pyridine rings is 1. The smallest absolute Gasteiger partial charge is 0.271 e. The van der Waals surface area contributed by atoms with Crippen LogP contribution in [0.15, 0.2) is 48.5 Å². The van der Waals surface area contributed by atoms with Crippen molar-refractivity contribution in [3.05, 3.63) is 59.9 Å². The van der Waals surface area contributed by atoms with E-state index in [1.165, 1.54) is 0 Å². The van der Waals surface area contributed by atoms with Gasteiger partial charge in [-0.15, -0.1) is 0 Å². The lowest BCUT2D eigenvalue weighted by molar-refractivity contribution is 0.0993. The number of nitrogens with zero attached hydrogens (tertiary/aromatic N) is 1. The molecule has 3 N–H and O–H groups in total. The van der Waals surface area contributed by atoms with Crippen LogP contribution in [-0.4, -0.2) is 16.0 Å². The van der Waals surface area contributed by atoms with Gasteiger partial charge >= 0.3 is 0 Å². The Morgan fingerprint density at radius 2 is 1.87 bits per heavy atom. The fourth-order valence-corrected chi connectivity index (χ4v) is 2.47. The van der Waals surface area contributed by atoms with Crippen molar-refractivity contribution in [2.45, 2.75) is 13.3 Å². The van der Waals surface area contributed by atoms with Crippen molar-refractivity contribution in [1.82, 2.24) is 4.98 Å². The van der Waals surface area contributed by atoms with Crippen molar-refractivity contribution >= 4 is 16.7 Å². The number of nitrogens with two attached hydrogens (primary N) is 1. The van der Waals surface area contributed by atoms with Gasteiger partial charge in [0.25, 0.3) is 5.91 Å². The molecule has 0 saturated heterocycles. The Hall–Kier alpha value is -3.08. The van der Waals surface area contributed by atoms with E-state index >= 15 is 0 Å². The number of primary amides is 1. The topological polar surface area (TPSA) is 85.4 Å². The van der Waals surface area contributed by atoms with Crippen LogP contribution < -0.4 is 10.5 Å². The molecule has 0 spiro atoms. The monoisotopic (exact) mass is 308 g/mol. The fourth-order valence-electron chi connectivity index (χ4n) is 2.47. The van der Waals surface area contributed by atoms with Crippen LogP contribution in [0.25, 0.3) is 10.8 Å². The highest BCUT2D eigenvalue weighted by molar-refractivity contribution is 6.02. The van der Waals surface area contributed by atoms with E-state index in [-0.39, 0.29) is 11.4 Å². The molecule has 0 aliphatic heterocycles. The van der Waals surface area contributed by atoms with E-state index in [2.05, 4.69) is 4.98 Å². The molecule has 1 aromatic heterocycles. The number of amides is 1. The number of rotatable bonds is 4. The molecule has 3 aromatic rings. The Morgan fingerprint density at radius 1 is 1.13 bits per heavy atom. The maximum absolute atomic E-state index is 11.4. The molecular weight excluding hydrogens is 292 g/mol. The number of hydrogen-bond acceptors (Lipinski definition) is 4. The van der Waals surface area contributed by atoms with Crippen LogP contribution >= 0.6 is 0 Å². The fraction of sp³-hybridized carbons (Fsp3) is 0.111. The van der Waals surface area contributed by atoms with E-state index in [1.54, 1.807) is 18.2 Å². The van der Waals surface area contributed by atoms with Gasteiger partial charge < -0.3 is 15.6 Å². The minimum atomic E-state index is -0.747. The van der Waals surface area contributed by atoms with E-state index in [0.717, 1.165) is 11.1 Å². The Kier molecular flexibility index (Phi) is 3.85. The van der Waals surface area contributed by atoms with E-state index in [1.807, 2.05) is 37.3 Å². The molecule has 0 radical (unpaired) electrons. The van der Waals surface area contributed by atoms with Gasteiger partial charge in [0.05, 0.1) is 0 Å². The third-order valence-electron chi connectivity index (χ3n) is 3.58. The minimum absolute atomic E-state index is 0.105. The number of fused-ring (bicyclic) bond motifs is 1. The van der Waals surface area contributed by atoms with Crippen molar-refractivity contribution < 1.29 is 14.6 Å². The van der Waals surface area contributed by atoms with E-state index < -0.39 is 5.91 Å². The van der Waals surface area contributed by atoms with Gasteiger partial charge in [0.1, 0.15) is 11.5 Å². The van der Waals surface area contributed by atoms with Crippen molar-refractivity contribution in [3.8, 4) is 17.2 Å². The number of carbonyl (C=O) groups excluding carboxylic acids is 1. The van der Waals surface area contributed by atoms with Crippen LogP contribution in [0.5, 0.6) is 17.2 Å². The first-order valence-corrected chi connectivity index (χ1v) is 7.28. The second-order valence-corrected chi connectivity index (χ2v) is 5.10. The summed E-state index contributed by atoms with van der Waals surface area (Å²) in [5, 5.41) is 11.5. The van der Waals surface area contributed by atoms with Crippen molar-refractivity contribution in [2.75, 3.05) is 0 Å². The van der Waals surface area contributed by atoms with Crippen LogP contribution in [0, 0.1) is 0 Å². The molecule has 1 amide bonds. The third-order valence-corrected chi connectivity index (χ3v) is 3.58. The van der Waals surface area contributed by atoms with Crippen LogP contribution in [0.4, 0.5) is 0 Å². The number of hydrogen-bond donors (Lipinski definition) is 2. The summed E-state index contributed by atoms with van der Waals surface area (Å²) in [6.45, 7) is 1.92. The van der Waals surface area contributed by atoms with Crippen LogP contribution in [0.1, 0.15) is 23.1 Å². The van der Waals surface area contributed by atoms with Crippen molar-refractivity contribution in [2.24, 2.45) is 5.73 Å². The largest absolute Gasteiger partial charge is 0.505 e. The summed E-state index contributed by atoms with van der Waals surface area (Å²) in [6, 6.07) is 14.7. The average molecular weight is 308 g/mol.